The lowest BCUT2D eigenvalue weighted by Crippen LogP contribution is -2.16. The summed E-state index contributed by atoms with van der Waals surface area (Å²) in [6.07, 6.45) is 0. The predicted molar refractivity (Wildman–Crippen MR) is 109 cm³/mol. The van der Waals surface area contributed by atoms with Crippen LogP contribution in [0.4, 0.5) is 0 Å². The fourth-order valence-electron chi connectivity index (χ4n) is 3.04. The van der Waals surface area contributed by atoms with Crippen LogP contribution in [0.25, 0.3) is 10.2 Å². The molecule has 1 amide bonds. The number of hydrogen-bond donors (Lipinski definition) is 0. The highest BCUT2D eigenvalue weighted by atomic mass is 32.1. The van der Waals surface area contributed by atoms with Crippen LogP contribution in [0.2, 0.25) is 0 Å². The second-order valence-electron chi connectivity index (χ2n) is 6.47. The lowest BCUT2D eigenvalue weighted by molar-refractivity contribution is 0.0992. The first-order chi connectivity index (χ1) is 13.0. The average Bonchev–Trinajstić information content (AvgIpc) is 3.02. The number of amides is 1. The zero-order valence-corrected chi connectivity index (χ0v) is 17.1. The van der Waals surface area contributed by atoms with Gasteiger partial charge in [0.25, 0.3) is 5.91 Å². The number of carbonyl (C=O) groups excluding carboxylic acids is 1. The molecule has 0 saturated heterocycles. The molecule has 3 rings (SSSR count). The molecular weight excluding hydrogens is 360 g/mol. The first kappa shape index (κ1) is 19.2. The minimum absolute atomic E-state index is 0.338. The van der Waals surface area contributed by atoms with Gasteiger partial charge in [-0.15, -0.1) is 0 Å². The summed E-state index contributed by atoms with van der Waals surface area (Å²) in [5.74, 6) is 0.984. The number of aryl methyl sites for hydroxylation is 1. The monoisotopic (exact) mass is 384 g/mol. The minimum Gasteiger partial charge on any atom is -0.496 e. The Labute approximate surface area is 162 Å². The highest BCUT2D eigenvalue weighted by Gasteiger charge is 2.18. The van der Waals surface area contributed by atoms with E-state index in [1.165, 1.54) is 31.1 Å². The van der Waals surface area contributed by atoms with E-state index in [0.29, 0.717) is 27.8 Å². The van der Waals surface area contributed by atoms with Crippen LogP contribution in [0.15, 0.2) is 41.4 Å². The third-order valence-electron chi connectivity index (χ3n) is 4.53. The number of nitrogens with zero attached hydrogens (tertiary/aromatic N) is 2. The summed E-state index contributed by atoms with van der Waals surface area (Å²) >= 11 is 1.52. The van der Waals surface area contributed by atoms with Gasteiger partial charge in [0.15, 0.2) is 4.80 Å². The number of methoxy groups -OCH3 is 2. The van der Waals surface area contributed by atoms with Crippen molar-refractivity contribution >= 4 is 27.5 Å². The third kappa shape index (κ3) is 3.62. The van der Waals surface area contributed by atoms with E-state index in [-0.39, 0.29) is 5.91 Å². The number of rotatable bonds is 5. The molecule has 0 fully saturated rings. The Morgan fingerprint density at radius 3 is 2.37 bits per heavy atom. The van der Waals surface area contributed by atoms with Gasteiger partial charge >= 0.3 is 0 Å². The summed E-state index contributed by atoms with van der Waals surface area (Å²) in [5, 5.41) is 0. The zero-order chi connectivity index (χ0) is 19.6. The molecule has 0 aliphatic heterocycles. The number of carbonyl (C=O) groups is 1. The van der Waals surface area contributed by atoms with E-state index in [1.807, 2.05) is 0 Å². The molecular formula is C21H24N2O3S. The second kappa shape index (κ2) is 7.96. The fourth-order valence-corrected chi connectivity index (χ4v) is 4.19. The van der Waals surface area contributed by atoms with E-state index < -0.39 is 0 Å². The first-order valence-electron chi connectivity index (χ1n) is 8.93. The molecule has 0 radical (unpaired) electrons. The molecule has 3 aromatic rings. The van der Waals surface area contributed by atoms with Crippen LogP contribution in [0.5, 0.6) is 11.5 Å². The van der Waals surface area contributed by atoms with Crippen LogP contribution < -0.4 is 14.3 Å². The lowest BCUT2D eigenvalue weighted by Gasteiger charge is -2.09. The Morgan fingerprint density at radius 2 is 1.81 bits per heavy atom. The summed E-state index contributed by atoms with van der Waals surface area (Å²) < 4.78 is 13.9. The molecule has 5 nitrogen and oxygen atoms in total. The van der Waals surface area contributed by atoms with E-state index in [0.717, 1.165) is 16.8 Å². The Balaban J connectivity index is 2.17. The van der Waals surface area contributed by atoms with E-state index in [1.54, 1.807) is 18.2 Å². The van der Waals surface area contributed by atoms with Gasteiger partial charge < -0.3 is 14.0 Å². The van der Waals surface area contributed by atoms with Gasteiger partial charge in [0.2, 0.25) is 0 Å². The van der Waals surface area contributed by atoms with Gasteiger partial charge in [-0.25, -0.2) is 0 Å². The van der Waals surface area contributed by atoms with Crippen LogP contribution >= 0.6 is 11.3 Å². The summed E-state index contributed by atoms with van der Waals surface area (Å²) in [6, 6.07) is 11.7. The minimum atomic E-state index is -0.373. The Hall–Kier alpha value is -2.60. The van der Waals surface area contributed by atoms with E-state index in [4.69, 9.17) is 9.47 Å². The Bertz CT molecular complexity index is 1030. The lowest BCUT2D eigenvalue weighted by atomic mass is 10.0. The second-order valence-corrected chi connectivity index (χ2v) is 7.47. The SMILES string of the molecule is CCn1c(=NC(=O)c2c(OC)cccc2OC)sc2cc(C(C)C)ccc21. The van der Waals surface area contributed by atoms with Crippen molar-refractivity contribution in [3.8, 4) is 11.5 Å². The zero-order valence-electron chi connectivity index (χ0n) is 16.3. The molecule has 0 spiro atoms. The first-order valence-corrected chi connectivity index (χ1v) is 9.75. The maximum atomic E-state index is 13.0. The quantitative estimate of drug-likeness (QED) is 0.646. The molecule has 2 aromatic carbocycles. The molecule has 0 atom stereocenters. The standard InChI is InChI=1S/C21H24N2O3S/c1-6-23-15-11-10-14(13(2)3)12-18(15)27-21(23)22-20(24)19-16(25-4)8-7-9-17(19)26-5/h7-13H,6H2,1-5H3. The highest BCUT2D eigenvalue weighted by Crippen LogP contribution is 2.29. The van der Waals surface area contributed by atoms with Gasteiger partial charge in [-0.2, -0.15) is 4.99 Å². The summed E-state index contributed by atoms with van der Waals surface area (Å²) in [4.78, 5) is 18.0. The van der Waals surface area contributed by atoms with Crippen molar-refractivity contribution in [1.82, 2.24) is 4.57 Å². The number of benzene rings is 2. The van der Waals surface area contributed by atoms with Crippen molar-refractivity contribution in [3.63, 3.8) is 0 Å². The molecule has 0 bridgehead atoms. The number of hydrogen-bond acceptors (Lipinski definition) is 4. The summed E-state index contributed by atoms with van der Waals surface area (Å²) in [7, 11) is 3.06. The Kier molecular flexibility index (Phi) is 5.65. The van der Waals surface area contributed by atoms with E-state index >= 15 is 0 Å². The number of thiazole rings is 1. The van der Waals surface area contributed by atoms with Crippen molar-refractivity contribution in [1.29, 1.82) is 0 Å². The van der Waals surface area contributed by atoms with Crippen LogP contribution in [0.1, 0.15) is 42.6 Å². The molecule has 1 aromatic heterocycles. The van der Waals surface area contributed by atoms with Crippen LogP contribution in [-0.4, -0.2) is 24.7 Å². The van der Waals surface area contributed by atoms with E-state index in [9.17, 15) is 4.79 Å². The smallest absolute Gasteiger partial charge is 0.287 e. The molecule has 27 heavy (non-hydrogen) atoms. The topological polar surface area (TPSA) is 52.8 Å². The fraction of sp³-hybridized carbons (Fsp3) is 0.333. The molecule has 0 aliphatic rings. The summed E-state index contributed by atoms with van der Waals surface area (Å²) in [5.41, 5.74) is 2.70. The van der Waals surface area contributed by atoms with Crippen molar-refractivity contribution in [2.24, 2.45) is 4.99 Å². The van der Waals surface area contributed by atoms with Gasteiger partial charge in [0, 0.05) is 6.54 Å². The number of aromatic nitrogens is 1. The Morgan fingerprint density at radius 1 is 1.15 bits per heavy atom. The van der Waals surface area contributed by atoms with Gasteiger partial charge in [-0.3, -0.25) is 4.79 Å². The van der Waals surface area contributed by atoms with Gasteiger partial charge in [0.05, 0.1) is 24.4 Å². The molecule has 6 heteroatoms. The number of ether oxygens (including phenoxy) is 2. The van der Waals surface area contributed by atoms with Crippen molar-refractivity contribution in [3.05, 3.63) is 52.3 Å². The maximum Gasteiger partial charge on any atom is 0.287 e. The van der Waals surface area contributed by atoms with Crippen LogP contribution in [0.3, 0.4) is 0 Å². The van der Waals surface area contributed by atoms with Crippen molar-refractivity contribution < 1.29 is 14.3 Å². The molecule has 0 saturated carbocycles. The highest BCUT2D eigenvalue weighted by molar-refractivity contribution is 7.16. The van der Waals surface area contributed by atoms with Crippen molar-refractivity contribution in [2.45, 2.75) is 33.2 Å². The normalized spacial score (nSPS) is 12.0. The molecule has 0 aliphatic carbocycles. The van der Waals surface area contributed by atoms with Gasteiger partial charge in [0.1, 0.15) is 17.1 Å². The molecule has 0 unspecified atom stereocenters. The number of fused-ring (bicyclic) bond motifs is 1. The average molecular weight is 385 g/mol. The molecule has 142 valence electrons. The van der Waals surface area contributed by atoms with Crippen molar-refractivity contribution in [2.75, 3.05) is 14.2 Å². The van der Waals surface area contributed by atoms with Crippen LogP contribution in [-0.2, 0) is 6.54 Å². The molecule has 0 N–H and O–H groups in total. The van der Waals surface area contributed by atoms with Gasteiger partial charge in [-0.1, -0.05) is 37.3 Å². The predicted octanol–water partition coefficient (Wildman–Crippen LogP) is 4.60. The third-order valence-corrected chi connectivity index (χ3v) is 5.57. The van der Waals surface area contributed by atoms with Gasteiger partial charge in [-0.05, 0) is 42.7 Å². The van der Waals surface area contributed by atoms with E-state index in [2.05, 4.69) is 48.5 Å². The van der Waals surface area contributed by atoms with Crippen LogP contribution in [0, 0.1) is 0 Å². The maximum absolute atomic E-state index is 13.0. The molecule has 1 heterocycles. The largest absolute Gasteiger partial charge is 0.496 e. The summed E-state index contributed by atoms with van der Waals surface area (Å²) in [6.45, 7) is 7.13.